The highest BCUT2D eigenvalue weighted by Crippen LogP contribution is 2.27. The van der Waals surface area contributed by atoms with Gasteiger partial charge in [0.05, 0.1) is 0 Å². The number of carbonyl (C=O) groups excluding carboxylic acids is 1. The minimum atomic E-state index is -3.60. The smallest absolute Gasteiger partial charge is 0.245 e. The average Bonchev–Trinajstić information content (AvgIpc) is 3.10. The van der Waals surface area contributed by atoms with Crippen molar-refractivity contribution in [3.8, 4) is 0 Å². The lowest BCUT2D eigenvalue weighted by Gasteiger charge is -2.21. The zero-order valence-corrected chi connectivity index (χ0v) is 15.2. The van der Waals surface area contributed by atoms with Gasteiger partial charge in [-0.05, 0) is 24.6 Å². The third-order valence-corrected chi connectivity index (χ3v) is 6.54. The summed E-state index contributed by atoms with van der Waals surface area (Å²) in [6, 6.07) is 5.48. The van der Waals surface area contributed by atoms with Gasteiger partial charge in [-0.3, -0.25) is 4.79 Å². The van der Waals surface area contributed by atoms with Gasteiger partial charge in [-0.15, -0.1) is 0 Å². The number of aromatic amines is 1. The summed E-state index contributed by atoms with van der Waals surface area (Å²) in [7, 11) is -2.06. The number of hydrogen-bond donors (Lipinski definition) is 1. The van der Waals surface area contributed by atoms with E-state index in [1.54, 1.807) is 18.0 Å². The molecule has 124 valence electrons. The molecule has 0 spiro atoms. The summed E-state index contributed by atoms with van der Waals surface area (Å²) in [5.41, 5.74) is 0.773. The SMILES string of the molecule is CN(CCN1CCCC1=O)S(=O)(=O)c1c[nH]c2ccc(Br)cc12. The maximum Gasteiger partial charge on any atom is 0.245 e. The summed E-state index contributed by atoms with van der Waals surface area (Å²) in [4.78, 5) is 16.6. The topological polar surface area (TPSA) is 73.5 Å². The van der Waals surface area contributed by atoms with Gasteiger partial charge in [0.25, 0.3) is 0 Å². The van der Waals surface area contributed by atoms with E-state index in [9.17, 15) is 13.2 Å². The monoisotopic (exact) mass is 399 g/mol. The number of hydrogen-bond acceptors (Lipinski definition) is 3. The van der Waals surface area contributed by atoms with Crippen LogP contribution < -0.4 is 0 Å². The first-order valence-corrected chi connectivity index (χ1v) is 9.63. The maximum atomic E-state index is 12.8. The molecule has 1 aromatic carbocycles. The zero-order valence-electron chi connectivity index (χ0n) is 12.8. The number of rotatable bonds is 5. The number of H-pyrrole nitrogens is 1. The Bertz CT molecular complexity index is 847. The number of likely N-dealkylation sites (N-methyl/N-ethyl adjacent to an activating group) is 1. The lowest BCUT2D eigenvalue weighted by Crippen LogP contribution is -2.36. The zero-order chi connectivity index (χ0) is 16.6. The standard InChI is InChI=1S/C15H18BrN3O3S/c1-18(7-8-19-6-2-3-15(19)20)23(21,22)14-10-17-13-5-4-11(16)9-12(13)14/h4-5,9-10,17H,2-3,6-8H2,1H3. The summed E-state index contributed by atoms with van der Waals surface area (Å²) >= 11 is 3.37. The summed E-state index contributed by atoms with van der Waals surface area (Å²) in [5, 5.41) is 0.656. The third kappa shape index (κ3) is 3.15. The van der Waals surface area contributed by atoms with Gasteiger partial charge in [0, 0.05) is 54.7 Å². The fourth-order valence-corrected chi connectivity index (χ4v) is 4.44. The molecule has 1 aliphatic heterocycles. The number of benzene rings is 1. The Hall–Kier alpha value is -1.38. The molecule has 0 saturated carbocycles. The van der Waals surface area contributed by atoms with Gasteiger partial charge in [0.15, 0.2) is 0 Å². The molecule has 2 heterocycles. The molecule has 1 aliphatic rings. The number of nitrogens with zero attached hydrogens (tertiary/aromatic N) is 2. The highest BCUT2D eigenvalue weighted by molar-refractivity contribution is 9.10. The average molecular weight is 400 g/mol. The number of fused-ring (bicyclic) bond motifs is 1. The van der Waals surface area contributed by atoms with Crippen molar-refractivity contribution < 1.29 is 13.2 Å². The Balaban J connectivity index is 1.81. The molecule has 0 aliphatic carbocycles. The van der Waals surface area contributed by atoms with E-state index in [2.05, 4.69) is 20.9 Å². The van der Waals surface area contributed by atoms with Crippen LogP contribution in [-0.2, 0) is 14.8 Å². The van der Waals surface area contributed by atoms with Crippen molar-refractivity contribution in [2.45, 2.75) is 17.7 Å². The van der Waals surface area contributed by atoms with Crippen LogP contribution in [0.1, 0.15) is 12.8 Å². The van der Waals surface area contributed by atoms with Gasteiger partial charge in [0.2, 0.25) is 15.9 Å². The Labute approximate surface area is 143 Å². The molecule has 0 unspecified atom stereocenters. The van der Waals surface area contributed by atoms with E-state index in [0.717, 1.165) is 16.4 Å². The Kier molecular flexibility index (Phi) is 4.48. The maximum absolute atomic E-state index is 12.8. The molecule has 1 N–H and O–H groups in total. The highest BCUT2D eigenvalue weighted by atomic mass is 79.9. The van der Waals surface area contributed by atoms with E-state index in [4.69, 9.17) is 0 Å². The van der Waals surface area contributed by atoms with Crippen LogP contribution in [0.2, 0.25) is 0 Å². The summed E-state index contributed by atoms with van der Waals surface area (Å²) in [6.07, 6.45) is 2.93. The predicted molar refractivity (Wildman–Crippen MR) is 91.6 cm³/mol. The van der Waals surface area contributed by atoms with Crippen LogP contribution in [0.15, 0.2) is 33.8 Å². The van der Waals surface area contributed by atoms with Crippen molar-refractivity contribution in [2.24, 2.45) is 0 Å². The normalized spacial score (nSPS) is 16.0. The van der Waals surface area contributed by atoms with E-state index >= 15 is 0 Å². The van der Waals surface area contributed by atoms with Gasteiger partial charge in [0.1, 0.15) is 4.90 Å². The van der Waals surface area contributed by atoms with Crippen LogP contribution in [0, 0.1) is 0 Å². The molecule has 2 aromatic rings. The Morgan fingerprint density at radius 2 is 2.17 bits per heavy atom. The predicted octanol–water partition coefficient (Wildman–Crippen LogP) is 2.17. The van der Waals surface area contributed by atoms with Crippen molar-refractivity contribution in [3.63, 3.8) is 0 Å². The molecule has 6 nitrogen and oxygen atoms in total. The second-order valence-electron chi connectivity index (χ2n) is 5.65. The number of likely N-dealkylation sites (tertiary alicyclic amines) is 1. The first kappa shape index (κ1) is 16.5. The molecular weight excluding hydrogens is 382 g/mol. The first-order chi connectivity index (χ1) is 10.9. The van der Waals surface area contributed by atoms with Crippen LogP contribution >= 0.6 is 15.9 Å². The van der Waals surface area contributed by atoms with Crippen LogP contribution in [-0.4, -0.2) is 55.2 Å². The number of nitrogens with one attached hydrogen (secondary N) is 1. The van der Waals surface area contributed by atoms with Gasteiger partial charge >= 0.3 is 0 Å². The van der Waals surface area contributed by atoms with Crippen LogP contribution in [0.3, 0.4) is 0 Å². The number of halogens is 1. The Morgan fingerprint density at radius 1 is 1.39 bits per heavy atom. The molecule has 1 amide bonds. The van der Waals surface area contributed by atoms with Gasteiger partial charge < -0.3 is 9.88 Å². The molecular formula is C15H18BrN3O3S. The van der Waals surface area contributed by atoms with Crippen molar-refractivity contribution in [1.82, 2.24) is 14.2 Å². The molecule has 8 heteroatoms. The molecule has 0 radical (unpaired) electrons. The second kappa shape index (κ2) is 6.26. The van der Waals surface area contributed by atoms with Crippen LogP contribution in [0.5, 0.6) is 0 Å². The third-order valence-electron chi connectivity index (χ3n) is 4.15. The highest BCUT2D eigenvalue weighted by Gasteiger charge is 2.26. The van der Waals surface area contributed by atoms with Crippen molar-refractivity contribution in [3.05, 3.63) is 28.9 Å². The minimum absolute atomic E-state index is 0.104. The fraction of sp³-hybridized carbons (Fsp3) is 0.400. The number of aromatic nitrogens is 1. The van der Waals surface area contributed by atoms with Crippen LogP contribution in [0.25, 0.3) is 10.9 Å². The van der Waals surface area contributed by atoms with E-state index in [1.807, 2.05) is 12.1 Å². The minimum Gasteiger partial charge on any atom is -0.360 e. The summed E-state index contributed by atoms with van der Waals surface area (Å²) < 4.78 is 27.7. The fourth-order valence-electron chi connectivity index (χ4n) is 2.77. The quantitative estimate of drug-likeness (QED) is 0.836. The lowest BCUT2D eigenvalue weighted by atomic mass is 10.2. The largest absolute Gasteiger partial charge is 0.360 e. The van der Waals surface area contributed by atoms with E-state index in [-0.39, 0.29) is 17.3 Å². The first-order valence-electron chi connectivity index (χ1n) is 7.40. The summed E-state index contributed by atoms with van der Waals surface area (Å²) in [6.45, 7) is 1.43. The van der Waals surface area contributed by atoms with E-state index < -0.39 is 10.0 Å². The van der Waals surface area contributed by atoms with Gasteiger partial charge in [-0.2, -0.15) is 4.31 Å². The molecule has 1 saturated heterocycles. The van der Waals surface area contributed by atoms with Crippen molar-refractivity contribution >= 4 is 42.8 Å². The second-order valence-corrected chi connectivity index (χ2v) is 8.58. The van der Waals surface area contributed by atoms with Gasteiger partial charge in [-0.1, -0.05) is 15.9 Å². The Morgan fingerprint density at radius 3 is 2.87 bits per heavy atom. The molecule has 23 heavy (non-hydrogen) atoms. The van der Waals surface area contributed by atoms with Gasteiger partial charge in [-0.25, -0.2) is 8.42 Å². The molecule has 1 fully saturated rings. The molecule has 3 rings (SSSR count). The lowest BCUT2D eigenvalue weighted by molar-refractivity contribution is -0.127. The van der Waals surface area contributed by atoms with E-state index in [1.165, 1.54) is 10.5 Å². The number of sulfonamides is 1. The molecule has 0 atom stereocenters. The summed E-state index contributed by atoms with van der Waals surface area (Å²) in [5.74, 6) is 0.104. The van der Waals surface area contributed by atoms with Crippen molar-refractivity contribution in [2.75, 3.05) is 26.7 Å². The number of carbonyl (C=O) groups is 1. The molecule has 0 bridgehead atoms. The molecule has 1 aromatic heterocycles. The number of amides is 1. The van der Waals surface area contributed by atoms with Crippen molar-refractivity contribution in [1.29, 1.82) is 0 Å². The van der Waals surface area contributed by atoms with E-state index in [0.29, 0.717) is 24.9 Å². The van der Waals surface area contributed by atoms with Crippen LogP contribution in [0.4, 0.5) is 0 Å².